The minimum absolute atomic E-state index is 0.429. The molecule has 0 spiro atoms. The van der Waals surface area contributed by atoms with Crippen LogP contribution in [0.25, 0.3) is 0 Å². The Bertz CT molecular complexity index is 294. The molecule has 1 atom stereocenters. The third kappa shape index (κ3) is 2.33. The summed E-state index contributed by atoms with van der Waals surface area (Å²) < 4.78 is 2.40. The van der Waals surface area contributed by atoms with Crippen LogP contribution >= 0.6 is 38.5 Å². The second-order valence-electron chi connectivity index (χ2n) is 2.70. The third-order valence-electron chi connectivity index (χ3n) is 1.82. The van der Waals surface area contributed by atoms with Crippen molar-refractivity contribution in [3.8, 4) is 0 Å². The topological polar surface area (TPSA) is 0 Å². The van der Waals surface area contributed by atoms with E-state index in [1.807, 2.05) is 6.08 Å². The van der Waals surface area contributed by atoms with Crippen molar-refractivity contribution in [2.75, 3.05) is 0 Å². The summed E-state index contributed by atoms with van der Waals surface area (Å²) in [5.74, 6) is 0.429. The monoisotopic (exact) mass is 336 g/mol. The summed E-state index contributed by atoms with van der Waals surface area (Å²) in [6.45, 7) is 5.91. The Morgan fingerprint density at radius 2 is 2.25 bits per heavy atom. The summed E-state index contributed by atoms with van der Waals surface area (Å²) in [5.41, 5.74) is 1.30. The molecule has 2 heteroatoms. The minimum atomic E-state index is 0.429. The Kier molecular flexibility index (Phi) is 3.77. The van der Waals surface area contributed by atoms with Gasteiger partial charge in [0.15, 0.2) is 0 Å². The summed E-state index contributed by atoms with van der Waals surface area (Å²) in [6.07, 6.45) is 1.95. The summed E-state index contributed by atoms with van der Waals surface area (Å²) in [7, 11) is 0. The average Bonchev–Trinajstić information content (AvgIpc) is 2.08. The molecule has 64 valence electrons. The van der Waals surface area contributed by atoms with Gasteiger partial charge in [0, 0.05) is 8.04 Å². The number of allylic oxidation sites excluding steroid dienone is 1. The fraction of sp³-hybridized carbons (Fsp3) is 0.200. The van der Waals surface area contributed by atoms with Crippen LogP contribution < -0.4 is 0 Å². The Morgan fingerprint density at radius 1 is 1.58 bits per heavy atom. The van der Waals surface area contributed by atoms with Crippen LogP contribution in [0, 0.1) is 3.57 Å². The van der Waals surface area contributed by atoms with Crippen molar-refractivity contribution in [2.24, 2.45) is 0 Å². The standard InChI is InChI=1S/C10H10BrI/c1-3-7(2)8-4-5-10(12)9(11)6-8/h3-7H,1H2,2H3. The molecular formula is C10H10BrI. The van der Waals surface area contributed by atoms with Crippen molar-refractivity contribution < 1.29 is 0 Å². The van der Waals surface area contributed by atoms with Gasteiger partial charge in [0.25, 0.3) is 0 Å². The van der Waals surface area contributed by atoms with Gasteiger partial charge in [-0.1, -0.05) is 19.1 Å². The first kappa shape index (κ1) is 10.3. The predicted molar refractivity (Wildman–Crippen MR) is 65.5 cm³/mol. The summed E-state index contributed by atoms with van der Waals surface area (Å²) >= 11 is 5.81. The summed E-state index contributed by atoms with van der Waals surface area (Å²) in [4.78, 5) is 0. The quantitative estimate of drug-likeness (QED) is 0.556. The molecule has 1 aromatic carbocycles. The van der Waals surface area contributed by atoms with Gasteiger partial charge in [-0.2, -0.15) is 0 Å². The van der Waals surface area contributed by atoms with Crippen LogP contribution in [0.1, 0.15) is 18.4 Å². The van der Waals surface area contributed by atoms with E-state index in [1.54, 1.807) is 0 Å². The van der Waals surface area contributed by atoms with Crippen molar-refractivity contribution in [1.82, 2.24) is 0 Å². The highest BCUT2D eigenvalue weighted by Crippen LogP contribution is 2.24. The minimum Gasteiger partial charge on any atom is -0.102 e. The highest BCUT2D eigenvalue weighted by Gasteiger charge is 2.02. The van der Waals surface area contributed by atoms with Gasteiger partial charge in [-0.15, -0.1) is 6.58 Å². The summed E-state index contributed by atoms with van der Waals surface area (Å²) in [5, 5.41) is 0. The number of halogens is 2. The van der Waals surface area contributed by atoms with E-state index >= 15 is 0 Å². The molecule has 0 nitrogen and oxygen atoms in total. The molecule has 0 saturated carbocycles. The summed E-state index contributed by atoms with van der Waals surface area (Å²) in [6, 6.07) is 6.40. The first-order valence-electron chi connectivity index (χ1n) is 3.72. The maximum atomic E-state index is 3.77. The van der Waals surface area contributed by atoms with E-state index in [4.69, 9.17) is 0 Å². The zero-order chi connectivity index (χ0) is 9.14. The molecular weight excluding hydrogens is 327 g/mol. The number of benzene rings is 1. The van der Waals surface area contributed by atoms with Crippen molar-refractivity contribution in [1.29, 1.82) is 0 Å². The van der Waals surface area contributed by atoms with Crippen LogP contribution in [0.15, 0.2) is 35.3 Å². The second kappa shape index (κ2) is 4.42. The van der Waals surface area contributed by atoms with Gasteiger partial charge in [-0.3, -0.25) is 0 Å². The highest BCUT2D eigenvalue weighted by molar-refractivity contribution is 14.1. The lowest BCUT2D eigenvalue weighted by atomic mass is 10.0. The lowest BCUT2D eigenvalue weighted by molar-refractivity contribution is 0.969. The molecule has 1 rings (SSSR count). The lowest BCUT2D eigenvalue weighted by Crippen LogP contribution is -1.88. The van der Waals surface area contributed by atoms with E-state index in [-0.39, 0.29) is 0 Å². The van der Waals surface area contributed by atoms with Crippen molar-refractivity contribution in [3.05, 3.63) is 44.5 Å². The van der Waals surface area contributed by atoms with Crippen LogP contribution in [-0.2, 0) is 0 Å². The molecule has 0 aromatic heterocycles. The van der Waals surface area contributed by atoms with E-state index in [2.05, 4.69) is 70.2 Å². The van der Waals surface area contributed by atoms with E-state index in [0.717, 1.165) is 4.47 Å². The normalized spacial score (nSPS) is 12.6. The fourth-order valence-corrected chi connectivity index (χ4v) is 1.66. The van der Waals surface area contributed by atoms with Gasteiger partial charge < -0.3 is 0 Å². The van der Waals surface area contributed by atoms with Crippen LogP contribution in [0.5, 0.6) is 0 Å². The Hall–Kier alpha value is 0.170. The van der Waals surface area contributed by atoms with E-state index in [0.29, 0.717) is 5.92 Å². The molecule has 0 aliphatic heterocycles. The van der Waals surface area contributed by atoms with Gasteiger partial charge >= 0.3 is 0 Å². The maximum absolute atomic E-state index is 3.77. The number of hydrogen-bond donors (Lipinski definition) is 0. The molecule has 12 heavy (non-hydrogen) atoms. The molecule has 0 radical (unpaired) electrons. The van der Waals surface area contributed by atoms with Gasteiger partial charge in [-0.25, -0.2) is 0 Å². The molecule has 0 saturated heterocycles. The van der Waals surface area contributed by atoms with Crippen LogP contribution in [0.4, 0.5) is 0 Å². The highest BCUT2D eigenvalue weighted by atomic mass is 127. The number of hydrogen-bond acceptors (Lipinski definition) is 0. The largest absolute Gasteiger partial charge is 0.102 e. The first-order valence-corrected chi connectivity index (χ1v) is 5.60. The van der Waals surface area contributed by atoms with Crippen LogP contribution in [0.3, 0.4) is 0 Å². The first-order chi connectivity index (χ1) is 5.65. The van der Waals surface area contributed by atoms with Gasteiger partial charge in [0.05, 0.1) is 0 Å². The average molecular weight is 337 g/mol. The SMILES string of the molecule is C=CC(C)c1ccc(I)c(Br)c1. The second-order valence-corrected chi connectivity index (χ2v) is 4.71. The molecule has 0 aliphatic carbocycles. The van der Waals surface area contributed by atoms with Crippen LogP contribution in [0.2, 0.25) is 0 Å². The third-order valence-corrected chi connectivity index (χ3v) is 4.16. The van der Waals surface area contributed by atoms with Gasteiger partial charge in [-0.05, 0) is 62.1 Å². The van der Waals surface area contributed by atoms with Crippen molar-refractivity contribution >= 4 is 38.5 Å². The molecule has 1 unspecified atom stereocenters. The van der Waals surface area contributed by atoms with E-state index < -0.39 is 0 Å². The molecule has 0 aliphatic rings. The maximum Gasteiger partial charge on any atom is 0.0311 e. The zero-order valence-electron chi connectivity index (χ0n) is 6.85. The molecule has 0 bridgehead atoms. The number of rotatable bonds is 2. The fourth-order valence-electron chi connectivity index (χ4n) is 0.932. The van der Waals surface area contributed by atoms with Crippen molar-refractivity contribution in [2.45, 2.75) is 12.8 Å². The van der Waals surface area contributed by atoms with E-state index in [9.17, 15) is 0 Å². The predicted octanol–water partition coefficient (Wildman–Crippen LogP) is 4.34. The Labute approximate surface area is 95.3 Å². The van der Waals surface area contributed by atoms with Gasteiger partial charge in [0.2, 0.25) is 0 Å². The molecule has 0 heterocycles. The molecule has 0 N–H and O–H groups in total. The van der Waals surface area contributed by atoms with E-state index in [1.165, 1.54) is 9.13 Å². The lowest BCUT2D eigenvalue weighted by Gasteiger charge is -2.07. The molecule has 1 aromatic rings. The Balaban J connectivity index is 3.04. The van der Waals surface area contributed by atoms with Crippen molar-refractivity contribution in [3.63, 3.8) is 0 Å². The smallest absolute Gasteiger partial charge is 0.0311 e. The molecule has 0 amide bonds. The molecule has 0 fully saturated rings. The Morgan fingerprint density at radius 3 is 2.75 bits per heavy atom. The van der Waals surface area contributed by atoms with Gasteiger partial charge in [0.1, 0.15) is 0 Å². The zero-order valence-corrected chi connectivity index (χ0v) is 10.6. The van der Waals surface area contributed by atoms with Crippen LogP contribution in [-0.4, -0.2) is 0 Å².